The highest BCUT2D eigenvalue weighted by molar-refractivity contribution is 5.89. The quantitative estimate of drug-likeness (QED) is 0.366. The summed E-state index contributed by atoms with van der Waals surface area (Å²) in [4.78, 5) is 0. The van der Waals surface area contributed by atoms with Crippen LogP contribution in [0, 0.1) is 29.5 Å². The van der Waals surface area contributed by atoms with E-state index in [1.807, 2.05) is 30.3 Å². The van der Waals surface area contributed by atoms with E-state index in [1.165, 1.54) is 44.6 Å². The lowest BCUT2D eigenvalue weighted by Gasteiger charge is -2.25. The highest BCUT2D eigenvalue weighted by atomic mass is 19.3. The van der Waals surface area contributed by atoms with Crippen LogP contribution in [0.3, 0.4) is 0 Å². The van der Waals surface area contributed by atoms with Gasteiger partial charge >= 0.3 is 6.61 Å². The molecule has 0 bridgehead atoms. The first-order chi connectivity index (χ1) is 15.5. The van der Waals surface area contributed by atoms with E-state index in [4.69, 9.17) is 0 Å². The first-order valence-corrected chi connectivity index (χ1v) is 11.3. The number of rotatable bonds is 5. The Morgan fingerprint density at radius 3 is 2.34 bits per heavy atom. The van der Waals surface area contributed by atoms with E-state index in [1.54, 1.807) is 18.2 Å². The Morgan fingerprint density at radius 1 is 0.938 bits per heavy atom. The number of hydrogen-bond donors (Lipinski definition) is 0. The molecule has 4 heteroatoms. The summed E-state index contributed by atoms with van der Waals surface area (Å²) < 4.78 is 43.5. The van der Waals surface area contributed by atoms with E-state index in [-0.39, 0.29) is 5.39 Å². The van der Waals surface area contributed by atoms with Crippen molar-refractivity contribution in [2.24, 2.45) is 11.8 Å². The average Bonchev–Trinajstić information content (AvgIpc) is 2.80. The molecule has 1 aliphatic carbocycles. The summed E-state index contributed by atoms with van der Waals surface area (Å²) in [6, 6.07) is 16.1. The number of hydrogen-bond acceptors (Lipinski definition) is 1. The van der Waals surface area contributed by atoms with Gasteiger partial charge in [0.05, 0.1) is 0 Å². The van der Waals surface area contributed by atoms with E-state index >= 15 is 0 Å². The first-order valence-electron chi connectivity index (χ1n) is 11.3. The molecule has 0 N–H and O–H groups in total. The SMILES string of the molecule is CCCC1CCC(C#Cc2ccc(-c3ccc4c(F)c(OC(F)F)ccc4c3)cc2)CC1. The number of fused-ring (bicyclic) bond motifs is 1. The lowest BCUT2D eigenvalue weighted by atomic mass is 9.80. The predicted octanol–water partition coefficient (Wildman–Crippen LogP) is 8.21. The van der Waals surface area contributed by atoms with Gasteiger partial charge in [0.2, 0.25) is 0 Å². The zero-order valence-corrected chi connectivity index (χ0v) is 18.2. The van der Waals surface area contributed by atoms with Crippen LogP contribution in [0.5, 0.6) is 5.75 Å². The maximum Gasteiger partial charge on any atom is 0.387 e. The van der Waals surface area contributed by atoms with Crippen LogP contribution >= 0.6 is 0 Å². The van der Waals surface area contributed by atoms with E-state index in [9.17, 15) is 13.2 Å². The fourth-order valence-electron chi connectivity index (χ4n) is 4.57. The van der Waals surface area contributed by atoms with Gasteiger partial charge in [0, 0.05) is 16.9 Å². The van der Waals surface area contributed by atoms with Crippen molar-refractivity contribution in [2.75, 3.05) is 0 Å². The van der Waals surface area contributed by atoms with Crippen LogP contribution in [0.25, 0.3) is 21.9 Å². The Kier molecular flexibility index (Phi) is 7.05. The first kappa shape index (κ1) is 22.3. The molecule has 0 aromatic heterocycles. The van der Waals surface area contributed by atoms with Gasteiger partial charge in [0.1, 0.15) is 0 Å². The summed E-state index contributed by atoms with van der Waals surface area (Å²) >= 11 is 0. The number of benzene rings is 3. The molecular weight excluding hydrogens is 409 g/mol. The van der Waals surface area contributed by atoms with Gasteiger partial charge in [-0.25, -0.2) is 4.39 Å². The zero-order chi connectivity index (χ0) is 22.5. The fraction of sp³-hybridized carbons (Fsp3) is 0.357. The predicted molar refractivity (Wildman–Crippen MR) is 123 cm³/mol. The lowest BCUT2D eigenvalue weighted by molar-refractivity contribution is -0.0520. The smallest absolute Gasteiger partial charge is 0.387 e. The Morgan fingerprint density at radius 2 is 1.66 bits per heavy atom. The molecule has 1 aliphatic rings. The minimum absolute atomic E-state index is 0.253. The number of alkyl halides is 2. The van der Waals surface area contributed by atoms with E-state index in [0.717, 1.165) is 22.6 Å². The molecule has 0 amide bonds. The highest BCUT2D eigenvalue weighted by Gasteiger charge is 2.19. The topological polar surface area (TPSA) is 9.23 Å². The summed E-state index contributed by atoms with van der Waals surface area (Å²) in [5, 5.41) is 0.882. The van der Waals surface area contributed by atoms with Crippen molar-refractivity contribution in [1.29, 1.82) is 0 Å². The van der Waals surface area contributed by atoms with Gasteiger partial charge in [0.25, 0.3) is 0 Å². The Bertz CT molecular complexity index is 1120. The zero-order valence-electron chi connectivity index (χ0n) is 18.2. The van der Waals surface area contributed by atoms with Crippen molar-refractivity contribution < 1.29 is 17.9 Å². The van der Waals surface area contributed by atoms with Gasteiger partial charge in [0.15, 0.2) is 11.6 Å². The molecule has 0 radical (unpaired) electrons. The van der Waals surface area contributed by atoms with Gasteiger partial charge in [-0.1, -0.05) is 61.9 Å². The van der Waals surface area contributed by atoms with Crippen molar-refractivity contribution in [1.82, 2.24) is 0 Å². The minimum atomic E-state index is -3.06. The number of ether oxygens (including phenoxy) is 1. The van der Waals surface area contributed by atoms with E-state index in [0.29, 0.717) is 11.3 Å². The molecule has 3 aromatic rings. The molecule has 0 atom stereocenters. The Hall–Kier alpha value is -2.93. The van der Waals surface area contributed by atoms with Crippen LogP contribution in [0.15, 0.2) is 54.6 Å². The molecule has 0 heterocycles. The van der Waals surface area contributed by atoms with Gasteiger partial charge < -0.3 is 4.74 Å². The van der Waals surface area contributed by atoms with Crippen LogP contribution in [0.2, 0.25) is 0 Å². The summed E-state index contributed by atoms with van der Waals surface area (Å²) in [6.45, 7) is -0.799. The third-order valence-corrected chi connectivity index (χ3v) is 6.32. The van der Waals surface area contributed by atoms with Crippen LogP contribution in [0.1, 0.15) is 51.0 Å². The molecular formula is C28H27F3O. The van der Waals surface area contributed by atoms with Crippen LogP contribution in [-0.2, 0) is 0 Å². The molecule has 1 nitrogen and oxygen atoms in total. The molecule has 4 rings (SSSR count). The Labute approximate surface area is 187 Å². The second kappa shape index (κ2) is 10.1. The Balaban J connectivity index is 1.46. The third-order valence-electron chi connectivity index (χ3n) is 6.32. The number of halogens is 3. The minimum Gasteiger partial charge on any atom is -0.432 e. The maximum absolute atomic E-state index is 14.4. The fourth-order valence-corrected chi connectivity index (χ4v) is 4.57. The standard InChI is InChI=1S/C28H27F3O/c1-2-3-19-4-6-20(7-5-19)8-9-21-10-12-22(13-11-21)23-14-16-25-24(18-23)15-17-26(27(25)29)32-28(30)31/h10-20,28H,2-7H2,1H3. The molecule has 32 heavy (non-hydrogen) atoms. The third kappa shape index (κ3) is 5.27. The second-order valence-corrected chi connectivity index (χ2v) is 8.55. The summed E-state index contributed by atoms with van der Waals surface area (Å²) in [5.41, 5.74) is 2.91. The van der Waals surface area contributed by atoms with Gasteiger partial charge in [-0.3, -0.25) is 0 Å². The van der Waals surface area contributed by atoms with Crippen LogP contribution in [0.4, 0.5) is 13.2 Å². The monoisotopic (exact) mass is 436 g/mol. The molecule has 0 unspecified atom stereocenters. The molecule has 1 fully saturated rings. The lowest BCUT2D eigenvalue weighted by Crippen LogP contribution is -2.13. The molecule has 1 saturated carbocycles. The molecule has 0 aliphatic heterocycles. The van der Waals surface area contributed by atoms with Crippen molar-refractivity contribution in [2.45, 2.75) is 52.1 Å². The average molecular weight is 437 g/mol. The normalized spacial score (nSPS) is 18.4. The van der Waals surface area contributed by atoms with Crippen LogP contribution < -0.4 is 4.74 Å². The maximum atomic E-state index is 14.4. The van der Waals surface area contributed by atoms with E-state index in [2.05, 4.69) is 23.5 Å². The molecule has 3 aromatic carbocycles. The largest absolute Gasteiger partial charge is 0.432 e. The van der Waals surface area contributed by atoms with Gasteiger partial charge in [-0.15, -0.1) is 0 Å². The van der Waals surface area contributed by atoms with Crippen molar-refractivity contribution >= 4 is 10.8 Å². The molecule has 0 saturated heterocycles. The van der Waals surface area contributed by atoms with Crippen molar-refractivity contribution in [3.05, 3.63) is 66.0 Å². The second-order valence-electron chi connectivity index (χ2n) is 8.55. The summed E-state index contributed by atoms with van der Waals surface area (Å²) in [7, 11) is 0. The summed E-state index contributed by atoms with van der Waals surface area (Å²) in [6.07, 6.45) is 7.61. The highest BCUT2D eigenvalue weighted by Crippen LogP contribution is 2.32. The molecule has 0 spiro atoms. The van der Waals surface area contributed by atoms with Crippen molar-refractivity contribution in [3.8, 4) is 28.7 Å². The summed E-state index contributed by atoms with van der Waals surface area (Å²) in [5.74, 6) is 6.94. The van der Waals surface area contributed by atoms with Gasteiger partial charge in [-0.2, -0.15) is 8.78 Å². The van der Waals surface area contributed by atoms with Crippen LogP contribution in [-0.4, -0.2) is 6.61 Å². The van der Waals surface area contributed by atoms with E-state index < -0.39 is 18.2 Å². The van der Waals surface area contributed by atoms with Crippen molar-refractivity contribution in [3.63, 3.8) is 0 Å². The van der Waals surface area contributed by atoms with Gasteiger partial charge in [-0.05, 0) is 72.4 Å². The molecule has 166 valence electrons.